The first-order valence-corrected chi connectivity index (χ1v) is 8.10. The van der Waals surface area contributed by atoms with Crippen LogP contribution in [0.5, 0.6) is 0 Å². The van der Waals surface area contributed by atoms with Crippen LogP contribution in [-0.2, 0) is 0 Å². The number of nitrogens with zero attached hydrogens (tertiary/aromatic N) is 1. The molecule has 1 heterocycles. The number of nitrogens with one attached hydrogen (secondary N) is 1. The highest BCUT2D eigenvalue weighted by Crippen LogP contribution is 2.29. The Kier molecular flexibility index (Phi) is 3.54. The summed E-state index contributed by atoms with van der Waals surface area (Å²) in [6.07, 6.45) is 7.15. The van der Waals surface area contributed by atoms with Crippen LogP contribution in [0.3, 0.4) is 0 Å². The Hall–Kier alpha value is -2.68. The molecule has 2 aromatic carbocycles. The molecule has 1 aliphatic rings. The van der Waals surface area contributed by atoms with Crippen molar-refractivity contribution < 1.29 is 0 Å². The normalized spacial score (nSPS) is 14.7. The van der Waals surface area contributed by atoms with Crippen LogP contribution in [-0.4, -0.2) is 9.97 Å². The average molecular weight is 302 g/mol. The standard InChI is InChI=1S/C20H18N2O/c23-20-17-11-4-5-12-18(17)21-19(22-20)16-10-6-9-15(13-16)14-7-2-1-3-8-14/h4-7,9-13H,1-3,8H2,(H,21,22,23). The zero-order valence-corrected chi connectivity index (χ0v) is 12.9. The van der Waals surface area contributed by atoms with Crippen molar-refractivity contribution in [2.45, 2.75) is 25.7 Å². The SMILES string of the molecule is O=c1[nH]c(-c2cccc(C3=CCCCC3)c2)nc2ccccc12. The van der Waals surface area contributed by atoms with Gasteiger partial charge in [-0.25, -0.2) is 4.98 Å². The van der Waals surface area contributed by atoms with Crippen LogP contribution in [0.15, 0.2) is 59.4 Å². The number of rotatable bonds is 2. The second-order valence-corrected chi connectivity index (χ2v) is 5.99. The monoisotopic (exact) mass is 302 g/mol. The van der Waals surface area contributed by atoms with Gasteiger partial charge in [-0.15, -0.1) is 0 Å². The van der Waals surface area contributed by atoms with E-state index in [0.29, 0.717) is 11.2 Å². The Morgan fingerprint density at radius 3 is 2.70 bits per heavy atom. The van der Waals surface area contributed by atoms with E-state index in [9.17, 15) is 4.79 Å². The zero-order chi connectivity index (χ0) is 15.6. The molecular formula is C20H18N2O. The van der Waals surface area contributed by atoms with Crippen molar-refractivity contribution in [1.82, 2.24) is 9.97 Å². The molecule has 1 N–H and O–H groups in total. The minimum atomic E-state index is -0.0899. The van der Waals surface area contributed by atoms with Crippen LogP contribution in [0, 0.1) is 0 Å². The van der Waals surface area contributed by atoms with Crippen LogP contribution >= 0.6 is 0 Å². The summed E-state index contributed by atoms with van der Waals surface area (Å²) in [6, 6.07) is 15.7. The summed E-state index contributed by atoms with van der Waals surface area (Å²) < 4.78 is 0. The highest BCUT2D eigenvalue weighted by molar-refractivity contribution is 5.79. The lowest BCUT2D eigenvalue weighted by Crippen LogP contribution is -2.09. The molecule has 0 radical (unpaired) electrons. The number of hydrogen-bond donors (Lipinski definition) is 1. The summed E-state index contributed by atoms with van der Waals surface area (Å²) in [6.45, 7) is 0. The largest absolute Gasteiger partial charge is 0.306 e. The van der Waals surface area contributed by atoms with E-state index < -0.39 is 0 Å². The molecule has 0 atom stereocenters. The molecule has 4 rings (SSSR count). The molecule has 0 amide bonds. The third-order valence-corrected chi connectivity index (χ3v) is 4.41. The number of aromatic nitrogens is 2. The van der Waals surface area contributed by atoms with E-state index in [4.69, 9.17) is 0 Å². The molecule has 0 unspecified atom stereocenters. The summed E-state index contributed by atoms with van der Waals surface area (Å²) in [5.41, 5.74) is 4.23. The van der Waals surface area contributed by atoms with Crippen LogP contribution in [0.2, 0.25) is 0 Å². The van der Waals surface area contributed by atoms with Crippen molar-refractivity contribution in [2.75, 3.05) is 0 Å². The Balaban J connectivity index is 1.82. The number of H-pyrrole nitrogens is 1. The summed E-state index contributed by atoms with van der Waals surface area (Å²) in [4.78, 5) is 19.8. The van der Waals surface area contributed by atoms with Crippen LogP contribution in [0.1, 0.15) is 31.2 Å². The predicted molar refractivity (Wildman–Crippen MR) is 94.2 cm³/mol. The molecule has 1 aliphatic carbocycles. The molecule has 3 heteroatoms. The van der Waals surface area contributed by atoms with Crippen molar-refractivity contribution in [3.63, 3.8) is 0 Å². The number of fused-ring (bicyclic) bond motifs is 1. The number of allylic oxidation sites excluding steroid dienone is 2. The third kappa shape index (κ3) is 2.70. The molecule has 3 aromatic rings. The lowest BCUT2D eigenvalue weighted by atomic mass is 9.93. The summed E-state index contributed by atoms with van der Waals surface area (Å²) in [5.74, 6) is 0.631. The van der Waals surface area contributed by atoms with Gasteiger partial charge in [0, 0.05) is 5.56 Å². The minimum Gasteiger partial charge on any atom is -0.306 e. The van der Waals surface area contributed by atoms with Crippen LogP contribution in [0.4, 0.5) is 0 Å². The maximum absolute atomic E-state index is 12.3. The van der Waals surface area contributed by atoms with Crippen molar-refractivity contribution in [3.8, 4) is 11.4 Å². The first-order chi connectivity index (χ1) is 11.3. The van der Waals surface area contributed by atoms with Crippen molar-refractivity contribution >= 4 is 16.5 Å². The summed E-state index contributed by atoms with van der Waals surface area (Å²) in [7, 11) is 0. The average Bonchev–Trinajstić information content (AvgIpc) is 2.62. The van der Waals surface area contributed by atoms with E-state index in [-0.39, 0.29) is 5.56 Å². The van der Waals surface area contributed by atoms with Gasteiger partial charge in [-0.05, 0) is 55.0 Å². The fourth-order valence-electron chi connectivity index (χ4n) is 3.19. The molecule has 0 bridgehead atoms. The lowest BCUT2D eigenvalue weighted by Gasteiger charge is -2.13. The van der Waals surface area contributed by atoms with E-state index in [0.717, 1.165) is 23.9 Å². The highest BCUT2D eigenvalue weighted by Gasteiger charge is 2.09. The predicted octanol–water partition coefficient (Wildman–Crippen LogP) is 4.55. The Morgan fingerprint density at radius 2 is 1.83 bits per heavy atom. The zero-order valence-electron chi connectivity index (χ0n) is 12.9. The molecule has 0 fully saturated rings. The molecule has 0 aliphatic heterocycles. The summed E-state index contributed by atoms with van der Waals surface area (Å²) >= 11 is 0. The van der Waals surface area contributed by atoms with Gasteiger partial charge in [0.2, 0.25) is 0 Å². The quantitative estimate of drug-likeness (QED) is 0.755. The van der Waals surface area contributed by atoms with Gasteiger partial charge in [0.1, 0.15) is 5.82 Å². The molecule has 1 aromatic heterocycles. The minimum absolute atomic E-state index is 0.0899. The molecule has 0 spiro atoms. The summed E-state index contributed by atoms with van der Waals surface area (Å²) in [5, 5.41) is 0.627. The van der Waals surface area contributed by atoms with E-state index in [1.807, 2.05) is 30.3 Å². The smallest absolute Gasteiger partial charge is 0.259 e. The number of benzene rings is 2. The first-order valence-electron chi connectivity index (χ1n) is 8.10. The van der Waals surface area contributed by atoms with Gasteiger partial charge in [0.25, 0.3) is 5.56 Å². The maximum atomic E-state index is 12.3. The van der Waals surface area contributed by atoms with Crippen LogP contribution in [0.25, 0.3) is 27.9 Å². The van der Waals surface area contributed by atoms with Crippen molar-refractivity contribution in [3.05, 3.63) is 70.5 Å². The fourth-order valence-corrected chi connectivity index (χ4v) is 3.19. The first kappa shape index (κ1) is 13.9. The van der Waals surface area contributed by atoms with Crippen LogP contribution < -0.4 is 5.56 Å². The third-order valence-electron chi connectivity index (χ3n) is 4.41. The molecule has 23 heavy (non-hydrogen) atoms. The topological polar surface area (TPSA) is 45.8 Å². The molecular weight excluding hydrogens is 284 g/mol. The second kappa shape index (κ2) is 5.84. The molecule has 114 valence electrons. The van der Waals surface area contributed by atoms with Gasteiger partial charge in [-0.2, -0.15) is 0 Å². The van der Waals surface area contributed by atoms with E-state index in [2.05, 4.69) is 28.2 Å². The van der Waals surface area contributed by atoms with Gasteiger partial charge in [0.15, 0.2) is 0 Å². The Morgan fingerprint density at radius 1 is 0.957 bits per heavy atom. The van der Waals surface area contributed by atoms with E-state index in [1.165, 1.54) is 24.0 Å². The van der Waals surface area contributed by atoms with Crippen molar-refractivity contribution in [2.24, 2.45) is 0 Å². The van der Waals surface area contributed by atoms with E-state index >= 15 is 0 Å². The molecule has 0 saturated heterocycles. The van der Waals surface area contributed by atoms with Gasteiger partial charge in [0.05, 0.1) is 10.9 Å². The molecule has 0 saturated carbocycles. The van der Waals surface area contributed by atoms with Gasteiger partial charge in [-0.3, -0.25) is 4.79 Å². The van der Waals surface area contributed by atoms with Gasteiger partial charge in [-0.1, -0.05) is 36.4 Å². The number of hydrogen-bond acceptors (Lipinski definition) is 2. The maximum Gasteiger partial charge on any atom is 0.259 e. The van der Waals surface area contributed by atoms with Gasteiger partial charge < -0.3 is 4.98 Å². The van der Waals surface area contributed by atoms with E-state index in [1.54, 1.807) is 6.07 Å². The number of aromatic amines is 1. The van der Waals surface area contributed by atoms with Gasteiger partial charge >= 0.3 is 0 Å². The second-order valence-electron chi connectivity index (χ2n) is 5.99. The fraction of sp³-hybridized carbons (Fsp3) is 0.200. The van der Waals surface area contributed by atoms with Crippen molar-refractivity contribution in [1.29, 1.82) is 0 Å². The number of para-hydroxylation sites is 1. The lowest BCUT2D eigenvalue weighted by molar-refractivity contribution is 0.742. The molecule has 3 nitrogen and oxygen atoms in total. The highest BCUT2D eigenvalue weighted by atomic mass is 16.1. The Labute approximate surface area is 134 Å². The Bertz CT molecular complexity index is 953.